The van der Waals surface area contributed by atoms with E-state index in [2.05, 4.69) is 46.9 Å². The van der Waals surface area contributed by atoms with E-state index in [4.69, 9.17) is 18.0 Å². The van der Waals surface area contributed by atoms with Gasteiger partial charge in [0.15, 0.2) is 0 Å². The molecule has 0 unspecified atom stereocenters. The van der Waals surface area contributed by atoms with Gasteiger partial charge >= 0.3 is 0 Å². The summed E-state index contributed by atoms with van der Waals surface area (Å²) in [5, 5.41) is 3.22. The highest BCUT2D eigenvalue weighted by atomic mass is 32.1. The summed E-state index contributed by atoms with van der Waals surface area (Å²) < 4.78 is 0. The summed E-state index contributed by atoms with van der Waals surface area (Å²) in [6.07, 6.45) is 3.27. The molecular formula is C16H30N2OS. The van der Waals surface area contributed by atoms with Crippen LogP contribution in [0.5, 0.6) is 0 Å². The van der Waals surface area contributed by atoms with Crippen molar-refractivity contribution < 1.29 is 4.79 Å². The molecule has 1 rings (SSSR count). The molecule has 0 heterocycles. The van der Waals surface area contributed by atoms with Crippen molar-refractivity contribution in [2.75, 3.05) is 0 Å². The Bertz CT molecular complexity index is 381. The maximum atomic E-state index is 12.8. The SMILES string of the molecule is CCCC(CCC)(C(=O)NC1C(C)(C)C1(C)C)C(N)=S. The Kier molecular flexibility index (Phi) is 4.90. The van der Waals surface area contributed by atoms with Crippen LogP contribution in [0, 0.1) is 16.2 Å². The minimum absolute atomic E-state index is 0.0253. The number of amides is 1. The molecule has 0 atom stereocenters. The van der Waals surface area contributed by atoms with Crippen LogP contribution < -0.4 is 11.1 Å². The van der Waals surface area contributed by atoms with E-state index in [-0.39, 0.29) is 22.8 Å². The molecule has 116 valence electrons. The number of nitrogens with one attached hydrogen (secondary N) is 1. The van der Waals surface area contributed by atoms with Crippen molar-refractivity contribution in [2.45, 2.75) is 73.3 Å². The summed E-state index contributed by atoms with van der Waals surface area (Å²) in [5.41, 5.74) is 5.53. The van der Waals surface area contributed by atoms with E-state index >= 15 is 0 Å². The largest absolute Gasteiger partial charge is 0.392 e. The normalized spacial score (nSPS) is 20.5. The molecule has 0 aromatic heterocycles. The monoisotopic (exact) mass is 298 g/mol. The molecule has 1 aliphatic carbocycles. The van der Waals surface area contributed by atoms with Crippen LogP contribution in [-0.2, 0) is 4.79 Å². The van der Waals surface area contributed by atoms with Gasteiger partial charge in [0.1, 0.15) is 0 Å². The summed E-state index contributed by atoms with van der Waals surface area (Å²) in [7, 11) is 0. The van der Waals surface area contributed by atoms with Crippen LogP contribution in [0.2, 0.25) is 0 Å². The highest BCUT2D eigenvalue weighted by Crippen LogP contribution is 2.62. The van der Waals surface area contributed by atoms with E-state index in [1.54, 1.807) is 0 Å². The quantitative estimate of drug-likeness (QED) is 0.708. The number of hydrogen-bond donors (Lipinski definition) is 2. The Labute approximate surface area is 129 Å². The zero-order valence-electron chi connectivity index (χ0n) is 13.8. The van der Waals surface area contributed by atoms with Crippen LogP contribution in [-0.4, -0.2) is 16.9 Å². The molecule has 0 radical (unpaired) electrons. The lowest BCUT2D eigenvalue weighted by molar-refractivity contribution is -0.128. The fourth-order valence-electron chi connectivity index (χ4n) is 3.39. The Morgan fingerprint density at radius 1 is 1.15 bits per heavy atom. The maximum Gasteiger partial charge on any atom is 0.233 e. The zero-order valence-corrected chi connectivity index (χ0v) is 14.6. The summed E-state index contributed by atoms with van der Waals surface area (Å²) in [4.78, 5) is 13.2. The van der Waals surface area contributed by atoms with E-state index in [1.165, 1.54) is 0 Å². The van der Waals surface area contributed by atoms with Crippen molar-refractivity contribution in [2.24, 2.45) is 22.0 Å². The van der Waals surface area contributed by atoms with Gasteiger partial charge in [-0.15, -0.1) is 0 Å². The number of rotatable bonds is 7. The fourth-order valence-corrected chi connectivity index (χ4v) is 3.69. The highest BCUT2D eigenvalue weighted by molar-refractivity contribution is 7.80. The molecule has 3 N–H and O–H groups in total. The molecular weight excluding hydrogens is 268 g/mol. The van der Waals surface area contributed by atoms with Crippen LogP contribution in [0.25, 0.3) is 0 Å². The fraction of sp³-hybridized carbons (Fsp3) is 0.875. The van der Waals surface area contributed by atoms with Crippen LogP contribution in [0.1, 0.15) is 67.2 Å². The van der Waals surface area contributed by atoms with Crippen LogP contribution >= 0.6 is 12.2 Å². The van der Waals surface area contributed by atoms with Crippen molar-refractivity contribution in [1.82, 2.24) is 5.32 Å². The van der Waals surface area contributed by atoms with E-state index in [0.717, 1.165) is 25.7 Å². The van der Waals surface area contributed by atoms with Crippen molar-refractivity contribution in [3.63, 3.8) is 0 Å². The Morgan fingerprint density at radius 3 is 1.80 bits per heavy atom. The van der Waals surface area contributed by atoms with E-state index in [9.17, 15) is 4.79 Å². The van der Waals surface area contributed by atoms with Crippen molar-refractivity contribution in [3.05, 3.63) is 0 Å². The number of carbonyl (C=O) groups excluding carboxylic acids is 1. The average Bonchev–Trinajstić information content (AvgIpc) is 2.70. The second kappa shape index (κ2) is 5.63. The first-order chi connectivity index (χ1) is 9.07. The number of thiocarbonyl (C=S) groups is 1. The third kappa shape index (κ3) is 2.59. The zero-order chi connectivity index (χ0) is 15.8. The molecule has 1 amide bonds. The molecule has 0 bridgehead atoms. The first kappa shape index (κ1) is 17.4. The second-order valence-electron chi connectivity index (χ2n) is 7.30. The van der Waals surface area contributed by atoms with Gasteiger partial charge in [0, 0.05) is 6.04 Å². The third-order valence-corrected chi connectivity index (χ3v) is 5.95. The van der Waals surface area contributed by atoms with Gasteiger partial charge in [0.05, 0.1) is 10.4 Å². The van der Waals surface area contributed by atoms with Gasteiger partial charge in [-0.1, -0.05) is 66.6 Å². The predicted molar refractivity (Wildman–Crippen MR) is 88.5 cm³/mol. The van der Waals surface area contributed by atoms with Gasteiger partial charge in [-0.3, -0.25) is 4.79 Å². The van der Waals surface area contributed by atoms with E-state index < -0.39 is 5.41 Å². The molecule has 0 spiro atoms. The average molecular weight is 298 g/mol. The predicted octanol–water partition coefficient (Wildman–Crippen LogP) is 3.41. The van der Waals surface area contributed by atoms with Crippen molar-refractivity contribution in [3.8, 4) is 0 Å². The van der Waals surface area contributed by atoms with Crippen LogP contribution in [0.4, 0.5) is 0 Å². The first-order valence-corrected chi connectivity index (χ1v) is 8.09. The summed E-state index contributed by atoms with van der Waals surface area (Å²) >= 11 is 5.24. The summed E-state index contributed by atoms with van der Waals surface area (Å²) in [5.74, 6) is 0.0253. The number of carbonyl (C=O) groups is 1. The van der Waals surface area contributed by atoms with Gasteiger partial charge < -0.3 is 11.1 Å². The smallest absolute Gasteiger partial charge is 0.233 e. The first-order valence-electron chi connectivity index (χ1n) is 7.68. The Morgan fingerprint density at radius 2 is 1.55 bits per heavy atom. The molecule has 20 heavy (non-hydrogen) atoms. The highest BCUT2D eigenvalue weighted by Gasteiger charge is 2.66. The minimum Gasteiger partial charge on any atom is -0.392 e. The van der Waals surface area contributed by atoms with Crippen molar-refractivity contribution >= 4 is 23.1 Å². The summed E-state index contributed by atoms with van der Waals surface area (Å²) in [6, 6.07) is 0.199. The van der Waals surface area contributed by atoms with Gasteiger partial charge in [-0.05, 0) is 23.7 Å². The topological polar surface area (TPSA) is 55.1 Å². The molecule has 4 heteroatoms. The molecule has 0 aromatic carbocycles. The van der Waals surface area contributed by atoms with Crippen molar-refractivity contribution in [1.29, 1.82) is 0 Å². The second-order valence-corrected chi connectivity index (χ2v) is 7.74. The van der Waals surface area contributed by atoms with E-state index in [1.807, 2.05) is 0 Å². The molecule has 0 aromatic rings. The van der Waals surface area contributed by atoms with Gasteiger partial charge in [0.25, 0.3) is 0 Å². The Hall–Kier alpha value is -0.640. The number of hydrogen-bond acceptors (Lipinski definition) is 2. The van der Waals surface area contributed by atoms with Crippen LogP contribution in [0.3, 0.4) is 0 Å². The molecule has 1 fully saturated rings. The lowest BCUT2D eigenvalue weighted by Gasteiger charge is -2.31. The minimum atomic E-state index is -0.673. The maximum absolute atomic E-state index is 12.8. The lowest BCUT2D eigenvalue weighted by Crippen LogP contribution is -2.50. The summed E-state index contributed by atoms with van der Waals surface area (Å²) in [6.45, 7) is 12.9. The van der Waals surface area contributed by atoms with Gasteiger partial charge in [-0.25, -0.2) is 0 Å². The molecule has 0 saturated heterocycles. The molecule has 3 nitrogen and oxygen atoms in total. The Balaban J connectivity index is 2.93. The third-order valence-electron chi connectivity index (χ3n) is 5.56. The van der Waals surface area contributed by atoms with Gasteiger partial charge in [-0.2, -0.15) is 0 Å². The molecule has 1 saturated carbocycles. The lowest BCUT2D eigenvalue weighted by atomic mass is 9.78. The standard InChI is InChI=1S/C16H30N2OS/c1-7-9-16(10-8-2,12(17)20)13(19)18-11-14(3,4)15(11,5)6/h11H,7-10H2,1-6H3,(H2,17,20)(H,18,19). The molecule has 0 aliphatic heterocycles. The van der Waals surface area contributed by atoms with Crippen LogP contribution in [0.15, 0.2) is 0 Å². The van der Waals surface area contributed by atoms with E-state index in [0.29, 0.717) is 4.99 Å². The van der Waals surface area contributed by atoms with Gasteiger partial charge in [0.2, 0.25) is 5.91 Å². The molecule has 1 aliphatic rings. The number of nitrogens with two attached hydrogens (primary N) is 1.